The summed E-state index contributed by atoms with van der Waals surface area (Å²) in [6.45, 7) is 0.409. The van der Waals surface area contributed by atoms with E-state index in [9.17, 15) is 9.59 Å². The molecule has 130 valence electrons. The maximum Gasteiger partial charge on any atom is 0.253 e. The Kier molecular flexibility index (Phi) is 5.72. The van der Waals surface area contributed by atoms with E-state index in [1.807, 2.05) is 54.6 Å². The van der Waals surface area contributed by atoms with Gasteiger partial charge in [-0.3, -0.25) is 14.6 Å². The van der Waals surface area contributed by atoms with E-state index in [4.69, 9.17) is 0 Å². The zero-order valence-electron chi connectivity index (χ0n) is 14.2. The molecule has 0 unspecified atom stereocenters. The SMILES string of the molecule is O=C(Cc1ccccc1)Nc1ccc(CNC(=O)c2cccnc2)cc1. The van der Waals surface area contributed by atoms with Crippen LogP contribution in [-0.2, 0) is 17.8 Å². The van der Waals surface area contributed by atoms with Crippen LogP contribution in [0.1, 0.15) is 21.5 Å². The van der Waals surface area contributed by atoms with Crippen LogP contribution >= 0.6 is 0 Å². The van der Waals surface area contributed by atoms with Gasteiger partial charge in [-0.1, -0.05) is 42.5 Å². The number of carbonyl (C=O) groups excluding carboxylic acids is 2. The van der Waals surface area contributed by atoms with Crippen molar-refractivity contribution >= 4 is 17.5 Å². The van der Waals surface area contributed by atoms with E-state index in [1.165, 1.54) is 6.20 Å². The minimum Gasteiger partial charge on any atom is -0.348 e. The van der Waals surface area contributed by atoms with Gasteiger partial charge in [0, 0.05) is 24.6 Å². The Bertz CT molecular complexity index is 863. The van der Waals surface area contributed by atoms with E-state index >= 15 is 0 Å². The summed E-state index contributed by atoms with van der Waals surface area (Å²) in [6, 6.07) is 20.4. The van der Waals surface area contributed by atoms with Gasteiger partial charge >= 0.3 is 0 Å². The zero-order chi connectivity index (χ0) is 18.2. The van der Waals surface area contributed by atoms with Crippen LogP contribution < -0.4 is 10.6 Å². The fraction of sp³-hybridized carbons (Fsp3) is 0.0952. The molecule has 0 aliphatic heterocycles. The molecule has 0 aliphatic rings. The Labute approximate surface area is 152 Å². The van der Waals surface area contributed by atoms with Crippen LogP contribution in [0, 0.1) is 0 Å². The highest BCUT2D eigenvalue weighted by atomic mass is 16.2. The van der Waals surface area contributed by atoms with E-state index in [0.29, 0.717) is 18.5 Å². The van der Waals surface area contributed by atoms with Gasteiger partial charge in [0.2, 0.25) is 5.91 Å². The van der Waals surface area contributed by atoms with Gasteiger partial charge in [0.15, 0.2) is 0 Å². The van der Waals surface area contributed by atoms with Gasteiger partial charge in [-0.2, -0.15) is 0 Å². The van der Waals surface area contributed by atoms with Crippen molar-refractivity contribution in [3.05, 3.63) is 95.8 Å². The van der Waals surface area contributed by atoms with Crippen molar-refractivity contribution < 1.29 is 9.59 Å². The molecule has 1 aromatic heterocycles. The number of hydrogen-bond acceptors (Lipinski definition) is 3. The third-order valence-corrected chi connectivity index (χ3v) is 3.82. The summed E-state index contributed by atoms with van der Waals surface area (Å²) in [6.07, 6.45) is 3.49. The average Bonchev–Trinajstić information content (AvgIpc) is 2.68. The molecule has 2 N–H and O–H groups in total. The Morgan fingerprint density at radius 2 is 1.62 bits per heavy atom. The number of carbonyl (C=O) groups is 2. The highest BCUT2D eigenvalue weighted by Gasteiger charge is 2.06. The molecule has 0 saturated carbocycles. The molecular formula is C21H19N3O2. The predicted octanol–water partition coefficient (Wildman–Crippen LogP) is 3.19. The van der Waals surface area contributed by atoms with Crippen molar-refractivity contribution in [2.75, 3.05) is 5.32 Å². The highest BCUT2D eigenvalue weighted by Crippen LogP contribution is 2.11. The second kappa shape index (κ2) is 8.58. The maximum absolute atomic E-state index is 12.1. The Hall–Kier alpha value is -3.47. The number of pyridine rings is 1. The first-order valence-corrected chi connectivity index (χ1v) is 8.31. The fourth-order valence-electron chi connectivity index (χ4n) is 2.47. The molecule has 3 rings (SSSR count). The smallest absolute Gasteiger partial charge is 0.253 e. The quantitative estimate of drug-likeness (QED) is 0.721. The minimum absolute atomic E-state index is 0.0613. The summed E-state index contributed by atoms with van der Waals surface area (Å²) < 4.78 is 0. The lowest BCUT2D eigenvalue weighted by Crippen LogP contribution is -2.22. The Balaban J connectivity index is 1.50. The molecule has 2 aromatic carbocycles. The van der Waals surface area contributed by atoms with E-state index in [2.05, 4.69) is 15.6 Å². The molecule has 0 spiro atoms. The van der Waals surface area contributed by atoms with Gasteiger partial charge in [0.1, 0.15) is 0 Å². The lowest BCUT2D eigenvalue weighted by Gasteiger charge is -2.08. The molecule has 26 heavy (non-hydrogen) atoms. The largest absolute Gasteiger partial charge is 0.348 e. The van der Waals surface area contributed by atoms with E-state index in [0.717, 1.165) is 16.8 Å². The fourth-order valence-corrected chi connectivity index (χ4v) is 2.47. The van der Waals surface area contributed by atoms with Crippen molar-refractivity contribution in [2.45, 2.75) is 13.0 Å². The van der Waals surface area contributed by atoms with Gasteiger partial charge in [-0.05, 0) is 35.4 Å². The molecule has 5 heteroatoms. The monoisotopic (exact) mass is 345 g/mol. The second-order valence-corrected chi connectivity index (χ2v) is 5.83. The topological polar surface area (TPSA) is 71.1 Å². The van der Waals surface area contributed by atoms with Gasteiger partial charge in [-0.15, -0.1) is 0 Å². The molecule has 0 bridgehead atoms. The first-order chi connectivity index (χ1) is 12.7. The van der Waals surface area contributed by atoms with Crippen molar-refractivity contribution in [1.29, 1.82) is 0 Å². The molecule has 0 saturated heterocycles. The van der Waals surface area contributed by atoms with Gasteiger partial charge < -0.3 is 10.6 Å². The normalized spacial score (nSPS) is 10.2. The van der Waals surface area contributed by atoms with Crippen molar-refractivity contribution in [1.82, 2.24) is 10.3 Å². The van der Waals surface area contributed by atoms with Crippen molar-refractivity contribution in [3.8, 4) is 0 Å². The Morgan fingerprint density at radius 3 is 2.31 bits per heavy atom. The molecule has 5 nitrogen and oxygen atoms in total. The van der Waals surface area contributed by atoms with Crippen LogP contribution in [0.4, 0.5) is 5.69 Å². The number of nitrogens with zero attached hydrogens (tertiary/aromatic N) is 1. The number of amides is 2. The predicted molar refractivity (Wildman–Crippen MR) is 101 cm³/mol. The van der Waals surface area contributed by atoms with E-state index in [-0.39, 0.29) is 11.8 Å². The second-order valence-electron chi connectivity index (χ2n) is 5.83. The summed E-state index contributed by atoms with van der Waals surface area (Å²) in [5.74, 6) is -0.229. The van der Waals surface area contributed by atoms with Crippen LogP contribution in [0.25, 0.3) is 0 Å². The number of nitrogens with one attached hydrogen (secondary N) is 2. The van der Waals surface area contributed by atoms with Gasteiger partial charge in [-0.25, -0.2) is 0 Å². The molecule has 3 aromatic rings. The third-order valence-electron chi connectivity index (χ3n) is 3.82. The van der Waals surface area contributed by atoms with Crippen LogP contribution in [0.15, 0.2) is 79.1 Å². The molecular weight excluding hydrogens is 326 g/mol. The summed E-state index contributed by atoms with van der Waals surface area (Å²) in [7, 11) is 0. The highest BCUT2D eigenvalue weighted by molar-refractivity contribution is 5.94. The summed E-state index contributed by atoms with van der Waals surface area (Å²) in [5.41, 5.74) is 3.17. The number of benzene rings is 2. The van der Waals surface area contributed by atoms with E-state index < -0.39 is 0 Å². The molecule has 0 atom stereocenters. The van der Waals surface area contributed by atoms with Crippen LogP contribution in [-0.4, -0.2) is 16.8 Å². The first kappa shape index (κ1) is 17.4. The molecule has 1 heterocycles. The third kappa shape index (κ3) is 5.01. The lowest BCUT2D eigenvalue weighted by atomic mass is 10.1. The van der Waals surface area contributed by atoms with Gasteiger partial charge in [0.05, 0.1) is 12.0 Å². The molecule has 2 amide bonds. The number of hydrogen-bond donors (Lipinski definition) is 2. The molecule has 0 fully saturated rings. The summed E-state index contributed by atoms with van der Waals surface area (Å²) in [5, 5.41) is 5.72. The standard InChI is InChI=1S/C21H19N3O2/c25-20(13-16-5-2-1-3-6-16)24-19-10-8-17(9-11-19)14-23-21(26)18-7-4-12-22-15-18/h1-12,15H,13-14H2,(H,23,26)(H,24,25). The first-order valence-electron chi connectivity index (χ1n) is 8.31. The lowest BCUT2D eigenvalue weighted by molar-refractivity contribution is -0.115. The minimum atomic E-state index is -0.168. The molecule has 0 radical (unpaired) electrons. The summed E-state index contributed by atoms with van der Waals surface area (Å²) >= 11 is 0. The average molecular weight is 345 g/mol. The maximum atomic E-state index is 12.1. The van der Waals surface area contributed by atoms with Crippen LogP contribution in [0.5, 0.6) is 0 Å². The van der Waals surface area contributed by atoms with Gasteiger partial charge in [0.25, 0.3) is 5.91 Å². The van der Waals surface area contributed by atoms with E-state index in [1.54, 1.807) is 18.3 Å². The number of anilines is 1. The number of rotatable bonds is 6. The Morgan fingerprint density at radius 1 is 0.846 bits per heavy atom. The van der Waals surface area contributed by atoms with Crippen LogP contribution in [0.3, 0.4) is 0 Å². The van der Waals surface area contributed by atoms with Crippen LogP contribution in [0.2, 0.25) is 0 Å². The van der Waals surface area contributed by atoms with Crippen molar-refractivity contribution in [2.24, 2.45) is 0 Å². The van der Waals surface area contributed by atoms with Crippen molar-refractivity contribution in [3.63, 3.8) is 0 Å². The molecule has 0 aliphatic carbocycles. The zero-order valence-corrected chi connectivity index (χ0v) is 14.2. The number of aromatic nitrogens is 1. The summed E-state index contributed by atoms with van der Waals surface area (Å²) in [4.78, 5) is 28.0.